The van der Waals surface area contributed by atoms with Crippen molar-refractivity contribution in [2.24, 2.45) is 0 Å². The maximum Gasteiger partial charge on any atom is 0.389 e. The van der Waals surface area contributed by atoms with E-state index in [1.165, 1.54) is 24.1 Å². The van der Waals surface area contributed by atoms with Gasteiger partial charge in [0.15, 0.2) is 0 Å². The lowest BCUT2D eigenvalue weighted by molar-refractivity contribution is -0.136. The Morgan fingerprint density at radius 3 is 2.74 bits per heavy atom. The second kappa shape index (κ2) is 5.94. The molecule has 1 aromatic heterocycles. The Morgan fingerprint density at radius 1 is 1.26 bits per heavy atom. The van der Waals surface area contributed by atoms with Gasteiger partial charge in [0, 0.05) is 18.7 Å². The minimum atomic E-state index is -4.05. The number of aryl methyl sites for hydroxylation is 1. The summed E-state index contributed by atoms with van der Waals surface area (Å²) in [4.78, 5) is 1.91. The lowest BCUT2D eigenvalue weighted by Crippen LogP contribution is -2.22. The van der Waals surface area contributed by atoms with E-state index in [0.717, 1.165) is 18.5 Å². The molecule has 1 N–H and O–H groups in total. The number of fused-ring (bicyclic) bond motifs is 1. The van der Waals surface area contributed by atoms with E-state index in [1.807, 2.05) is 11.9 Å². The normalized spacial score (nSPS) is 15.8. The van der Waals surface area contributed by atoms with Gasteiger partial charge in [0.05, 0.1) is 5.69 Å². The highest BCUT2D eigenvalue weighted by Crippen LogP contribution is 2.24. The SMILES string of the molecule is CN(CCCC(F)(F)F)Cc1n[nH]c2c1CCCC2. The Bertz CT molecular complexity index is 412. The van der Waals surface area contributed by atoms with E-state index in [9.17, 15) is 13.2 Å². The van der Waals surface area contributed by atoms with E-state index >= 15 is 0 Å². The number of nitrogens with one attached hydrogen (secondary N) is 1. The van der Waals surface area contributed by atoms with Gasteiger partial charge in [0.25, 0.3) is 0 Å². The van der Waals surface area contributed by atoms with Crippen molar-refractivity contribution >= 4 is 0 Å². The number of rotatable bonds is 5. The summed E-state index contributed by atoms with van der Waals surface area (Å²) in [7, 11) is 1.85. The first kappa shape index (κ1) is 14.4. The van der Waals surface area contributed by atoms with Crippen LogP contribution in [0.25, 0.3) is 0 Å². The molecule has 1 aliphatic carbocycles. The lowest BCUT2D eigenvalue weighted by Gasteiger charge is -2.18. The average molecular weight is 275 g/mol. The van der Waals surface area contributed by atoms with Crippen molar-refractivity contribution < 1.29 is 13.2 Å². The zero-order valence-electron chi connectivity index (χ0n) is 11.2. The molecule has 0 saturated heterocycles. The standard InChI is InChI=1S/C13H20F3N3/c1-19(8-4-7-13(14,15)16)9-12-10-5-2-3-6-11(10)17-18-12/h2-9H2,1H3,(H,17,18). The second-order valence-corrected chi connectivity index (χ2v) is 5.29. The van der Waals surface area contributed by atoms with E-state index in [4.69, 9.17) is 0 Å². The van der Waals surface area contributed by atoms with Crippen molar-refractivity contribution in [2.45, 2.75) is 51.2 Å². The van der Waals surface area contributed by atoms with Gasteiger partial charge in [-0.05, 0) is 51.3 Å². The second-order valence-electron chi connectivity index (χ2n) is 5.29. The van der Waals surface area contributed by atoms with Crippen molar-refractivity contribution in [3.8, 4) is 0 Å². The molecule has 6 heteroatoms. The first-order valence-corrected chi connectivity index (χ1v) is 6.76. The molecule has 0 fully saturated rings. The van der Waals surface area contributed by atoms with E-state index in [2.05, 4.69) is 10.2 Å². The van der Waals surface area contributed by atoms with Crippen LogP contribution in [0.2, 0.25) is 0 Å². The van der Waals surface area contributed by atoms with Gasteiger partial charge >= 0.3 is 6.18 Å². The summed E-state index contributed by atoms with van der Waals surface area (Å²) in [6.07, 6.45) is -0.167. The van der Waals surface area contributed by atoms with Gasteiger partial charge in [0.2, 0.25) is 0 Å². The van der Waals surface area contributed by atoms with Crippen LogP contribution < -0.4 is 0 Å². The van der Waals surface area contributed by atoms with Crippen LogP contribution in [0.5, 0.6) is 0 Å². The van der Waals surface area contributed by atoms with Gasteiger partial charge in [-0.25, -0.2) is 0 Å². The zero-order chi connectivity index (χ0) is 13.9. The summed E-state index contributed by atoms with van der Waals surface area (Å²) in [5, 5.41) is 7.36. The van der Waals surface area contributed by atoms with Crippen LogP contribution in [0, 0.1) is 0 Å². The Morgan fingerprint density at radius 2 is 2.00 bits per heavy atom. The van der Waals surface area contributed by atoms with E-state index < -0.39 is 12.6 Å². The fourth-order valence-electron chi connectivity index (χ4n) is 2.56. The molecule has 1 aliphatic rings. The van der Waals surface area contributed by atoms with Gasteiger partial charge in [0.1, 0.15) is 0 Å². The quantitative estimate of drug-likeness (QED) is 0.895. The van der Waals surface area contributed by atoms with Gasteiger partial charge in [-0.3, -0.25) is 5.10 Å². The van der Waals surface area contributed by atoms with Gasteiger partial charge in [-0.15, -0.1) is 0 Å². The fraction of sp³-hybridized carbons (Fsp3) is 0.769. The molecule has 108 valence electrons. The number of aromatic amines is 1. The summed E-state index contributed by atoms with van der Waals surface area (Å²) in [5.41, 5.74) is 3.50. The minimum absolute atomic E-state index is 0.145. The first-order chi connectivity index (χ1) is 8.96. The Kier molecular flexibility index (Phi) is 4.50. The van der Waals surface area contributed by atoms with Crippen molar-refractivity contribution in [2.75, 3.05) is 13.6 Å². The van der Waals surface area contributed by atoms with Gasteiger partial charge < -0.3 is 4.90 Å². The molecule has 0 unspecified atom stereocenters. The number of nitrogens with zero attached hydrogens (tertiary/aromatic N) is 2. The van der Waals surface area contributed by atoms with Gasteiger partial charge in [-0.1, -0.05) is 0 Å². The van der Waals surface area contributed by atoms with Crippen molar-refractivity contribution in [1.82, 2.24) is 15.1 Å². The summed E-state index contributed by atoms with van der Waals surface area (Å²) >= 11 is 0. The number of hydrogen-bond donors (Lipinski definition) is 1. The van der Waals surface area contributed by atoms with Crippen molar-refractivity contribution in [1.29, 1.82) is 0 Å². The van der Waals surface area contributed by atoms with E-state index in [1.54, 1.807) is 0 Å². The summed E-state index contributed by atoms with van der Waals surface area (Å²) in [6, 6.07) is 0. The molecule has 0 spiro atoms. The number of alkyl halides is 3. The van der Waals surface area contributed by atoms with Crippen LogP contribution in [-0.4, -0.2) is 34.9 Å². The van der Waals surface area contributed by atoms with Crippen LogP contribution in [0.1, 0.15) is 42.6 Å². The molecule has 0 saturated carbocycles. The molecule has 2 rings (SSSR count). The Labute approximate surface area is 111 Å². The van der Waals surface area contributed by atoms with Crippen LogP contribution in [0.3, 0.4) is 0 Å². The predicted octanol–water partition coefficient (Wildman–Crippen LogP) is 3.06. The number of aromatic nitrogens is 2. The molecule has 3 nitrogen and oxygen atoms in total. The molecule has 0 bridgehead atoms. The van der Waals surface area contributed by atoms with Crippen molar-refractivity contribution in [3.05, 3.63) is 17.0 Å². The maximum absolute atomic E-state index is 12.1. The molecule has 0 radical (unpaired) electrons. The molecule has 1 heterocycles. The third kappa shape index (κ3) is 4.23. The molecule has 0 atom stereocenters. The largest absolute Gasteiger partial charge is 0.389 e. The summed E-state index contributed by atoms with van der Waals surface area (Å²) < 4.78 is 36.2. The van der Waals surface area contributed by atoms with Gasteiger partial charge in [-0.2, -0.15) is 18.3 Å². The number of hydrogen-bond acceptors (Lipinski definition) is 2. The number of halogens is 3. The van der Waals surface area contributed by atoms with E-state index in [-0.39, 0.29) is 6.42 Å². The molecule has 19 heavy (non-hydrogen) atoms. The molecule has 0 aliphatic heterocycles. The van der Waals surface area contributed by atoms with Crippen LogP contribution >= 0.6 is 0 Å². The minimum Gasteiger partial charge on any atom is -0.300 e. The third-order valence-corrected chi connectivity index (χ3v) is 3.56. The maximum atomic E-state index is 12.1. The smallest absolute Gasteiger partial charge is 0.300 e. The molecular formula is C13H20F3N3. The first-order valence-electron chi connectivity index (χ1n) is 6.76. The Balaban J connectivity index is 1.82. The van der Waals surface area contributed by atoms with Crippen LogP contribution in [-0.2, 0) is 19.4 Å². The highest BCUT2D eigenvalue weighted by Gasteiger charge is 2.26. The lowest BCUT2D eigenvalue weighted by atomic mass is 9.96. The molecular weight excluding hydrogens is 255 g/mol. The molecule has 1 aromatic rings. The van der Waals surface area contributed by atoms with Crippen LogP contribution in [0.15, 0.2) is 0 Å². The highest BCUT2D eigenvalue weighted by atomic mass is 19.4. The monoisotopic (exact) mass is 275 g/mol. The number of H-pyrrole nitrogens is 1. The zero-order valence-corrected chi connectivity index (χ0v) is 11.2. The van der Waals surface area contributed by atoms with Crippen molar-refractivity contribution in [3.63, 3.8) is 0 Å². The topological polar surface area (TPSA) is 31.9 Å². The highest BCUT2D eigenvalue weighted by molar-refractivity contribution is 5.27. The predicted molar refractivity (Wildman–Crippen MR) is 66.9 cm³/mol. The molecule has 0 amide bonds. The molecule has 0 aromatic carbocycles. The van der Waals surface area contributed by atoms with Crippen LogP contribution in [0.4, 0.5) is 13.2 Å². The van der Waals surface area contributed by atoms with E-state index in [0.29, 0.717) is 13.1 Å². The summed E-state index contributed by atoms with van der Waals surface area (Å²) in [6.45, 7) is 1.07. The average Bonchev–Trinajstić information content (AvgIpc) is 2.71. The summed E-state index contributed by atoms with van der Waals surface area (Å²) in [5.74, 6) is 0. The Hall–Kier alpha value is -1.04. The third-order valence-electron chi connectivity index (χ3n) is 3.56. The fourth-order valence-corrected chi connectivity index (χ4v) is 2.56.